The summed E-state index contributed by atoms with van der Waals surface area (Å²) in [5.41, 5.74) is 3.67. The third-order valence-corrected chi connectivity index (χ3v) is 4.61. The van der Waals surface area contributed by atoms with Gasteiger partial charge in [0.25, 0.3) is 5.91 Å². The third kappa shape index (κ3) is 4.56. The fourth-order valence-corrected chi connectivity index (χ4v) is 3.09. The molecule has 1 aliphatic heterocycles. The topological polar surface area (TPSA) is 55.8 Å². The second kappa shape index (κ2) is 8.54. The first-order valence-corrected chi connectivity index (χ1v) is 8.92. The van der Waals surface area contributed by atoms with Gasteiger partial charge in [-0.2, -0.15) is 0 Å². The largest absolute Gasteiger partial charge is 0.496 e. The normalized spacial score (nSPS) is 13.7. The van der Waals surface area contributed by atoms with E-state index in [1.807, 2.05) is 31.2 Å². The number of hydrogen-bond acceptors (Lipinski definition) is 4. The van der Waals surface area contributed by atoms with Crippen LogP contribution in [0.1, 0.15) is 27.9 Å². The highest BCUT2D eigenvalue weighted by Crippen LogP contribution is 2.23. The Morgan fingerprint density at radius 1 is 1.11 bits per heavy atom. The number of benzene rings is 2. The van der Waals surface area contributed by atoms with Gasteiger partial charge in [-0.1, -0.05) is 48.0 Å². The van der Waals surface area contributed by atoms with E-state index in [0.29, 0.717) is 24.4 Å². The van der Waals surface area contributed by atoms with Gasteiger partial charge in [0.2, 0.25) is 0 Å². The summed E-state index contributed by atoms with van der Waals surface area (Å²) in [6.07, 6.45) is 2.84. The maximum absolute atomic E-state index is 12.4. The Hall–Kier alpha value is -3.08. The Balaban J connectivity index is 1.57. The lowest BCUT2D eigenvalue weighted by atomic mass is 10.00. The summed E-state index contributed by atoms with van der Waals surface area (Å²) in [6, 6.07) is 15.4. The van der Waals surface area contributed by atoms with Crippen LogP contribution in [-0.4, -0.2) is 43.6 Å². The average molecular weight is 365 g/mol. The maximum Gasteiger partial charge on any atom is 0.342 e. The molecule has 1 heterocycles. The quantitative estimate of drug-likeness (QED) is 0.762. The minimum absolute atomic E-state index is 0.196. The van der Waals surface area contributed by atoms with Crippen molar-refractivity contribution in [2.24, 2.45) is 0 Å². The number of amides is 1. The lowest BCUT2D eigenvalue weighted by Gasteiger charge is -2.26. The molecule has 0 saturated heterocycles. The highest BCUT2D eigenvalue weighted by molar-refractivity contribution is 5.94. The summed E-state index contributed by atoms with van der Waals surface area (Å²) in [4.78, 5) is 26.4. The number of carbonyl (C=O) groups excluding carboxylic acids is 2. The predicted molar refractivity (Wildman–Crippen MR) is 104 cm³/mol. The van der Waals surface area contributed by atoms with Gasteiger partial charge in [0.1, 0.15) is 11.3 Å². The number of carbonyl (C=O) groups is 2. The third-order valence-electron chi connectivity index (χ3n) is 4.61. The molecule has 27 heavy (non-hydrogen) atoms. The van der Waals surface area contributed by atoms with Crippen LogP contribution in [-0.2, 0) is 9.53 Å². The molecule has 0 radical (unpaired) electrons. The number of rotatable bonds is 5. The van der Waals surface area contributed by atoms with E-state index in [-0.39, 0.29) is 12.5 Å². The standard InChI is InChI=1S/C22H23NO4/c1-16-8-9-20(26-2)19(14-16)22(25)27-15-21(24)23-12-10-18(11-13-23)17-6-4-3-5-7-17/h3-10,14H,11-13,15H2,1-2H3. The second-order valence-corrected chi connectivity index (χ2v) is 6.47. The van der Waals surface area contributed by atoms with Crippen molar-refractivity contribution >= 4 is 17.4 Å². The zero-order chi connectivity index (χ0) is 19.2. The van der Waals surface area contributed by atoms with Crippen LogP contribution < -0.4 is 4.74 Å². The summed E-state index contributed by atoms with van der Waals surface area (Å²) in [7, 11) is 1.50. The zero-order valence-corrected chi connectivity index (χ0v) is 15.6. The molecule has 1 amide bonds. The van der Waals surface area contributed by atoms with E-state index in [9.17, 15) is 9.59 Å². The van der Waals surface area contributed by atoms with Gasteiger partial charge in [0.15, 0.2) is 6.61 Å². The summed E-state index contributed by atoms with van der Waals surface area (Å²) in [5, 5.41) is 0. The van der Waals surface area contributed by atoms with Crippen LogP contribution in [0, 0.1) is 6.92 Å². The molecule has 0 aliphatic carbocycles. The molecule has 2 aromatic rings. The van der Waals surface area contributed by atoms with E-state index in [4.69, 9.17) is 9.47 Å². The summed E-state index contributed by atoms with van der Waals surface area (Å²) < 4.78 is 10.4. The smallest absolute Gasteiger partial charge is 0.342 e. The molecule has 0 unspecified atom stereocenters. The van der Waals surface area contributed by atoms with Gasteiger partial charge >= 0.3 is 5.97 Å². The second-order valence-electron chi connectivity index (χ2n) is 6.47. The monoisotopic (exact) mass is 365 g/mol. The molecular weight excluding hydrogens is 342 g/mol. The minimum Gasteiger partial charge on any atom is -0.496 e. The Morgan fingerprint density at radius 2 is 1.89 bits per heavy atom. The minimum atomic E-state index is -0.554. The van der Waals surface area contributed by atoms with E-state index in [1.54, 1.807) is 17.0 Å². The molecule has 1 aliphatic rings. The van der Waals surface area contributed by atoms with Gasteiger partial charge in [0, 0.05) is 13.1 Å². The first-order valence-electron chi connectivity index (χ1n) is 8.92. The van der Waals surface area contributed by atoms with Gasteiger partial charge in [-0.3, -0.25) is 4.79 Å². The van der Waals surface area contributed by atoms with Crippen LogP contribution >= 0.6 is 0 Å². The lowest BCUT2D eigenvalue weighted by Crippen LogP contribution is -2.37. The number of hydrogen-bond donors (Lipinski definition) is 0. The highest BCUT2D eigenvalue weighted by Gasteiger charge is 2.21. The van der Waals surface area contributed by atoms with Crippen LogP contribution in [0.4, 0.5) is 0 Å². The van der Waals surface area contributed by atoms with E-state index >= 15 is 0 Å². The molecule has 0 spiro atoms. The number of ether oxygens (including phenoxy) is 2. The van der Waals surface area contributed by atoms with Crippen molar-refractivity contribution in [2.45, 2.75) is 13.3 Å². The van der Waals surface area contributed by atoms with E-state index in [0.717, 1.165) is 12.0 Å². The summed E-state index contributed by atoms with van der Waals surface area (Å²) in [5.74, 6) is -0.314. The van der Waals surface area contributed by atoms with Crippen molar-refractivity contribution in [3.63, 3.8) is 0 Å². The Kier molecular flexibility index (Phi) is 5.91. The van der Waals surface area contributed by atoms with Gasteiger partial charge in [-0.15, -0.1) is 0 Å². The molecule has 3 rings (SSSR count). The fraction of sp³-hybridized carbons (Fsp3) is 0.273. The van der Waals surface area contributed by atoms with E-state index in [1.165, 1.54) is 18.2 Å². The van der Waals surface area contributed by atoms with Gasteiger partial charge in [0.05, 0.1) is 7.11 Å². The molecule has 5 heteroatoms. The van der Waals surface area contributed by atoms with E-state index in [2.05, 4.69) is 18.2 Å². The van der Waals surface area contributed by atoms with Gasteiger partial charge < -0.3 is 14.4 Å². The number of nitrogens with zero attached hydrogens (tertiary/aromatic N) is 1. The van der Waals surface area contributed by atoms with Crippen molar-refractivity contribution in [1.29, 1.82) is 0 Å². The predicted octanol–water partition coefficient (Wildman–Crippen LogP) is 3.48. The fourth-order valence-electron chi connectivity index (χ4n) is 3.09. The molecule has 0 atom stereocenters. The van der Waals surface area contributed by atoms with Crippen molar-refractivity contribution in [3.05, 3.63) is 71.3 Å². The van der Waals surface area contributed by atoms with Crippen LogP contribution in [0.2, 0.25) is 0 Å². The Bertz CT molecular complexity index is 858. The first-order chi connectivity index (χ1) is 13.1. The van der Waals surface area contributed by atoms with Crippen molar-refractivity contribution in [1.82, 2.24) is 4.90 Å². The van der Waals surface area contributed by atoms with Crippen LogP contribution in [0.25, 0.3) is 5.57 Å². The van der Waals surface area contributed by atoms with Crippen LogP contribution in [0.15, 0.2) is 54.6 Å². The SMILES string of the molecule is COc1ccc(C)cc1C(=O)OCC(=O)N1CC=C(c2ccccc2)CC1. The molecule has 0 bridgehead atoms. The van der Waals surface area contributed by atoms with Crippen molar-refractivity contribution in [2.75, 3.05) is 26.8 Å². The molecule has 0 fully saturated rings. The Morgan fingerprint density at radius 3 is 2.56 bits per heavy atom. The lowest BCUT2D eigenvalue weighted by molar-refractivity contribution is -0.134. The highest BCUT2D eigenvalue weighted by atomic mass is 16.5. The van der Waals surface area contributed by atoms with Crippen LogP contribution in [0.3, 0.4) is 0 Å². The Labute approximate surface area is 159 Å². The first kappa shape index (κ1) is 18.7. The maximum atomic E-state index is 12.4. The molecular formula is C22H23NO4. The average Bonchev–Trinajstić information content (AvgIpc) is 2.72. The number of methoxy groups -OCH3 is 1. The number of aryl methyl sites for hydroxylation is 1. The van der Waals surface area contributed by atoms with Gasteiger partial charge in [-0.05, 0) is 36.6 Å². The van der Waals surface area contributed by atoms with Crippen LogP contribution in [0.5, 0.6) is 5.75 Å². The van der Waals surface area contributed by atoms with Gasteiger partial charge in [-0.25, -0.2) is 4.79 Å². The molecule has 2 aromatic carbocycles. The molecule has 5 nitrogen and oxygen atoms in total. The molecule has 0 saturated carbocycles. The molecule has 0 N–H and O–H groups in total. The van der Waals surface area contributed by atoms with Crippen molar-refractivity contribution < 1.29 is 19.1 Å². The molecule has 140 valence electrons. The molecule has 0 aromatic heterocycles. The summed E-state index contributed by atoms with van der Waals surface area (Å²) in [6.45, 7) is 2.75. The van der Waals surface area contributed by atoms with Crippen molar-refractivity contribution in [3.8, 4) is 5.75 Å². The summed E-state index contributed by atoms with van der Waals surface area (Å²) >= 11 is 0. The number of esters is 1. The van der Waals surface area contributed by atoms with E-state index < -0.39 is 5.97 Å². The zero-order valence-electron chi connectivity index (χ0n) is 15.6.